The second-order valence-corrected chi connectivity index (χ2v) is 4.82. The van der Waals surface area contributed by atoms with Crippen LogP contribution in [-0.4, -0.2) is 16.7 Å². The first-order chi connectivity index (χ1) is 9.63. The maximum absolute atomic E-state index is 12.0. The Morgan fingerprint density at radius 1 is 1.20 bits per heavy atom. The molecule has 0 saturated carbocycles. The number of aryl methyl sites for hydroxylation is 1. The number of hydrogen-bond acceptors (Lipinski definition) is 3. The summed E-state index contributed by atoms with van der Waals surface area (Å²) in [5.74, 6) is 0.0103. The van der Waals surface area contributed by atoms with Gasteiger partial charge in [-0.1, -0.05) is 23.8 Å². The first-order valence-corrected chi connectivity index (χ1v) is 6.40. The number of rotatable bonds is 1. The lowest BCUT2D eigenvalue weighted by molar-refractivity contribution is -0.115. The summed E-state index contributed by atoms with van der Waals surface area (Å²) in [7, 11) is 0. The Labute approximate surface area is 116 Å². The van der Waals surface area contributed by atoms with E-state index in [0.717, 1.165) is 5.56 Å². The third-order valence-electron chi connectivity index (χ3n) is 3.22. The lowest BCUT2D eigenvalue weighted by Gasteiger charge is -2.07. The van der Waals surface area contributed by atoms with Crippen LogP contribution in [-0.2, 0) is 4.79 Å². The number of nitrogens with zero attached hydrogens (tertiary/aromatic N) is 1. The zero-order valence-electron chi connectivity index (χ0n) is 11.1. The van der Waals surface area contributed by atoms with Crippen LogP contribution in [0.25, 0.3) is 0 Å². The zero-order valence-corrected chi connectivity index (χ0v) is 11.1. The molecule has 100 valence electrons. The molecule has 1 amide bonds. The minimum atomic E-state index is -0.130. The van der Waals surface area contributed by atoms with Gasteiger partial charge in [-0.3, -0.25) is 4.79 Å². The monoisotopic (exact) mass is 266 g/mol. The van der Waals surface area contributed by atoms with E-state index in [0.29, 0.717) is 22.6 Å². The molecule has 0 aromatic heterocycles. The van der Waals surface area contributed by atoms with Gasteiger partial charge in [0.05, 0.1) is 23.5 Å². The number of carbonyl (C=O) groups excluding carboxylic acids is 1. The number of fused-ring (bicyclic) bond motifs is 1. The molecule has 20 heavy (non-hydrogen) atoms. The lowest BCUT2D eigenvalue weighted by Crippen LogP contribution is -2.15. The Kier molecular flexibility index (Phi) is 2.99. The fourth-order valence-electron chi connectivity index (χ4n) is 2.24. The smallest absolute Gasteiger partial charge is 0.230 e. The molecule has 3 rings (SSSR count). The highest BCUT2D eigenvalue weighted by atomic mass is 16.3. The third kappa shape index (κ3) is 2.28. The molecule has 0 fully saturated rings. The van der Waals surface area contributed by atoms with Crippen molar-refractivity contribution in [3.63, 3.8) is 0 Å². The molecular formula is C16H14N2O2. The molecule has 1 heterocycles. The van der Waals surface area contributed by atoms with Gasteiger partial charge in [0.1, 0.15) is 5.75 Å². The minimum absolute atomic E-state index is 0.130. The number of hydrogen-bond donors (Lipinski definition) is 2. The quantitative estimate of drug-likeness (QED) is 0.832. The highest BCUT2D eigenvalue weighted by Gasteiger charge is 2.18. The average Bonchev–Trinajstić information content (AvgIpc) is 2.59. The van der Waals surface area contributed by atoms with Gasteiger partial charge < -0.3 is 10.4 Å². The van der Waals surface area contributed by atoms with Crippen LogP contribution in [0, 0.1) is 6.92 Å². The number of aromatic hydroxyl groups is 1. The van der Waals surface area contributed by atoms with Crippen LogP contribution < -0.4 is 5.32 Å². The zero-order chi connectivity index (χ0) is 14.1. The fourth-order valence-corrected chi connectivity index (χ4v) is 2.24. The van der Waals surface area contributed by atoms with E-state index >= 15 is 0 Å². The van der Waals surface area contributed by atoms with Crippen molar-refractivity contribution in [2.24, 2.45) is 4.99 Å². The summed E-state index contributed by atoms with van der Waals surface area (Å²) in [6.45, 7) is 1.94. The van der Waals surface area contributed by atoms with E-state index in [9.17, 15) is 9.90 Å². The van der Waals surface area contributed by atoms with Crippen molar-refractivity contribution in [2.45, 2.75) is 13.3 Å². The summed E-state index contributed by atoms with van der Waals surface area (Å²) in [6, 6.07) is 12.7. The van der Waals surface area contributed by atoms with Crippen LogP contribution in [0.3, 0.4) is 0 Å². The molecule has 4 nitrogen and oxygen atoms in total. The maximum atomic E-state index is 12.0. The maximum Gasteiger partial charge on any atom is 0.230 e. The molecule has 0 bridgehead atoms. The van der Waals surface area contributed by atoms with Gasteiger partial charge in [0.25, 0.3) is 0 Å². The average molecular weight is 266 g/mol. The third-order valence-corrected chi connectivity index (χ3v) is 3.22. The van der Waals surface area contributed by atoms with Crippen molar-refractivity contribution in [2.75, 3.05) is 5.32 Å². The van der Waals surface area contributed by atoms with Gasteiger partial charge in [-0.05, 0) is 31.2 Å². The molecule has 0 spiro atoms. The van der Waals surface area contributed by atoms with Crippen LogP contribution in [0.15, 0.2) is 47.5 Å². The van der Waals surface area contributed by atoms with E-state index < -0.39 is 0 Å². The Morgan fingerprint density at radius 2 is 2.00 bits per heavy atom. The van der Waals surface area contributed by atoms with E-state index in [1.54, 1.807) is 6.07 Å². The molecule has 2 N–H and O–H groups in total. The Hall–Kier alpha value is -2.62. The van der Waals surface area contributed by atoms with Gasteiger partial charge in [-0.25, -0.2) is 4.99 Å². The second kappa shape index (κ2) is 4.81. The number of nitrogens with one attached hydrogen (secondary N) is 1. The molecule has 2 aromatic rings. The topological polar surface area (TPSA) is 61.7 Å². The van der Waals surface area contributed by atoms with Crippen molar-refractivity contribution in [1.82, 2.24) is 0 Å². The standard InChI is InChI=1S/C16H14N2O2/c1-10-6-7-15(19)11(8-10)14-9-16(20)18-13-5-3-2-4-12(13)17-14/h2-8,19H,9H2,1H3,(H,18,20). The normalized spacial score (nSPS) is 14.1. The molecule has 1 aliphatic heterocycles. The van der Waals surface area contributed by atoms with Gasteiger partial charge in [-0.15, -0.1) is 0 Å². The molecule has 2 aromatic carbocycles. The number of amides is 1. The molecule has 0 unspecified atom stereocenters. The predicted molar refractivity (Wildman–Crippen MR) is 78.7 cm³/mol. The largest absolute Gasteiger partial charge is 0.507 e. The summed E-state index contributed by atoms with van der Waals surface area (Å²) in [5.41, 5.74) is 3.60. The number of phenolic OH excluding ortho intramolecular Hbond substituents is 1. The Morgan fingerprint density at radius 3 is 2.85 bits per heavy atom. The highest BCUT2D eigenvalue weighted by molar-refractivity contribution is 6.17. The number of aliphatic imine (C=N–C) groups is 1. The summed E-state index contributed by atoms with van der Waals surface area (Å²) in [6.07, 6.45) is 0.145. The van der Waals surface area contributed by atoms with Crippen molar-refractivity contribution in [1.29, 1.82) is 0 Å². The Bertz CT molecular complexity index is 720. The number of phenols is 1. The number of carbonyl (C=O) groups is 1. The number of para-hydroxylation sites is 2. The number of benzene rings is 2. The summed E-state index contributed by atoms with van der Waals surface area (Å²) in [5, 5.41) is 12.8. The molecule has 1 aliphatic rings. The van der Waals surface area contributed by atoms with Crippen LogP contribution in [0.4, 0.5) is 11.4 Å². The summed E-state index contributed by atoms with van der Waals surface area (Å²) >= 11 is 0. The Balaban J connectivity index is 2.15. The molecule has 0 atom stereocenters. The van der Waals surface area contributed by atoms with Gasteiger partial charge >= 0.3 is 0 Å². The second-order valence-electron chi connectivity index (χ2n) is 4.82. The molecule has 0 saturated heterocycles. The first-order valence-electron chi connectivity index (χ1n) is 6.40. The summed E-state index contributed by atoms with van der Waals surface area (Å²) in [4.78, 5) is 16.5. The predicted octanol–water partition coefficient (Wildman–Crippen LogP) is 3.16. The summed E-state index contributed by atoms with van der Waals surface area (Å²) < 4.78 is 0. The minimum Gasteiger partial charge on any atom is -0.507 e. The lowest BCUT2D eigenvalue weighted by atomic mass is 10.0. The molecular weight excluding hydrogens is 252 g/mol. The van der Waals surface area contributed by atoms with Gasteiger partial charge in [0, 0.05) is 5.56 Å². The van der Waals surface area contributed by atoms with Crippen LogP contribution in [0.1, 0.15) is 17.5 Å². The molecule has 0 radical (unpaired) electrons. The van der Waals surface area contributed by atoms with Gasteiger partial charge in [0.15, 0.2) is 0 Å². The van der Waals surface area contributed by atoms with Crippen molar-refractivity contribution in [3.05, 3.63) is 53.6 Å². The fraction of sp³-hybridized carbons (Fsp3) is 0.125. The van der Waals surface area contributed by atoms with E-state index in [-0.39, 0.29) is 18.1 Å². The SMILES string of the molecule is Cc1ccc(O)c(C2=Nc3ccccc3NC(=O)C2)c1. The molecule has 0 aliphatic carbocycles. The molecule has 4 heteroatoms. The van der Waals surface area contributed by atoms with Gasteiger partial charge in [-0.2, -0.15) is 0 Å². The highest BCUT2D eigenvalue weighted by Crippen LogP contribution is 2.30. The van der Waals surface area contributed by atoms with Crippen molar-refractivity contribution >= 4 is 23.0 Å². The van der Waals surface area contributed by atoms with Crippen LogP contribution in [0.5, 0.6) is 5.75 Å². The van der Waals surface area contributed by atoms with E-state index in [4.69, 9.17) is 0 Å². The van der Waals surface area contributed by atoms with Gasteiger partial charge in [0.2, 0.25) is 5.91 Å². The van der Waals surface area contributed by atoms with E-state index in [1.165, 1.54) is 0 Å². The van der Waals surface area contributed by atoms with Crippen LogP contribution in [0.2, 0.25) is 0 Å². The van der Waals surface area contributed by atoms with E-state index in [1.807, 2.05) is 43.3 Å². The van der Waals surface area contributed by atoms with Crippen molar-refractivity contribution < 1.29 is 9.90 Å². The van der Waals surface area contributed by atoms with Crippen molar-refractivity contribution in [3.8, 4) is 5.75 Å². The first kappa shape index (κ1) is 12.4. The van der Waals surface area contributed by atoms with Crippen LogP contribution >= 0.6 is 0 Å². The number of anilines is 1. The van der Waals surface area contributed by atoms with E-state index in [2.05, 4.69) is 10.3 Å².